The number of H-pyrrole nitrogens is 1. The molecule has 1 aromatic carbocycles. The first-order chi connectivity index (χ1) is 9.90. The van der Waals surface area contributed by atoms with E-state index in [9.17, 15) is 18.0 Å². The van der Waals surface area contributed by atoms with Gasteiger partial charge in [0.05, 0.1) is 4.90 Å². The molecule has 110 valence electrons. The van der Waals surface area contributed by atoms with E-state index in [0.29, 0.717) is 11.8 Å². The quantitative estimate of drug-likeness (QED) is 0.692. The van der Waals surface area contributed by atoms with Crippen LogP contribution >= 0.6 is 0 Å². The number of amides is 1. The van der Waals surface area contributed by atoms with Crippen molar-refractivity contribution in [1.82, 2.24) is 10.3 Å². The number of hydrogen-bond donors (Lipinski definition) is 3. The first-order valence-corrected chi connectivity index (χ1v) is 7.48. The third-order valence-electron chi connectivity index (χ3n) is 2.79. The van der Waals surface area contributed by atoms with Gasteiger partial charge in [-0.25, -0.2) is 13.6 Å². The standard InChI is InChI=1S/C13H13N3O4S/c14-21(19,20)11-3-1-9(2-4-11)6-16-13(18)12-5-10(8-17)7-15-12/h1-5,7-8,15H,6H2,(H,16,18)(H2,14,19,20). The van der Waals surface area contributed by atoms with Gasteiger partial charge in [-0.1, -0.05) is 12.1 Å². The smallest absolute Gasteiger partial charge is 0.267 e. The number of sulfonamides is 1. The zero-order valence-electron chi connectivity index (χ0n) is 10.9. The minimum Gasteiger partial charge on any atom is -0.357 e. The van der Waals surface area contributed by atoms with E-state index in [2.05, 4.69) is 10.3 Å². The van der Waals surface area contributed by atoms with Crippen LogP contribution in [-0.2, 0) is 16.6 Å². The van der Waals surface area contributed by atoms with E-state index in [0.717, 1.165) is 5.56 Å². The highest BCUT2D eigenvalue weighted by Gasteiger charge is 2.09. The predicted molar refractivity (Wildman–Crippen MR) is 75.2 cm³/mol. The van der Waals surface area contributed by atoms with E-state index < -0.39 is 10.0 Å². The van der Waals surface area contributed by atoms with Gasteiger partial charge in [0.2, 0.25) is 10.0 Å². The van der Waals surface area contributed by atoms with Crippen molar-refractivity contribution in [2.75, 3.05) is 0 Å². The molecule has 0 bridgehead atoms. The SMILES string of the molecule is NS(=O)(=O)c1ccc(CNC(=O)c2cc(C=O)c[nH]2)cc1. The Kier molecular flexibility index (Phi) is 4.20. The lowest BCUT2D eigenvalue weighted by Crippen LogP contribution is -2.23. The summed E-state index contributed by atoms with van der Waals surface area (Å²) in [6, 6.07) is 7.30. The van der Waals surface area contributed by atoms with Crippen LogP contribution in [0.2, 0.25) is 0 Å². The Balaban J connectivity index is 1.99. The van der Waals surface area contributed by atoms with Gasteiger partial charge in [-0.3, -0.25) is 9.59 Å². The van der Waals surface area contributed by atoms with E-state index >= 15 is 0 Å². The average Bonchev–Trinajstić information content (AvgIpc) is 2.93. The molecule has 0 spiro atoms. The molecule has 0 radical (unpaired) electrons. The zero-order chi connectivity index (χ0) is 15.5. The summed E-state index contributed by atoms with van der Waals surface area (Å²) in [5.74, 6) is -0.362. The van der Waals surface area contributed by atoms with E-state index in [-0.39, 0.29) is 23.0 Å². The maximum Gasteiger partial charge on any atom is 0.267 e. The van der Waals surface area contributed by atoms with E-state index in [4.69, 9.17) is 5.14 Å². The highest BCUT2D eigenvalue weighted by Crippen LogP contribution is 2.09. The van der Waals surface area contributed by atoms with Crippen LogP contribution in [0.25, 0.3) is 0 Å². The number of aromatic nitrogens is 1. The molecule has 0 unspecified atom stereocenters. The summed E-state index contributed by atoms with van der Waals surface area (Å²) in [5, 5.41) is 7.63. The second-order valence-electron chi connectivity index (χ2n) is 4.34. The number of aldehydes is 1. The molecule has 0 saturated carbocycles. The van der Waals surface area contributed by atoms with Gasteiger partial charge in [0.25, 0.3) is 5.91 Å². The van der Waals surface area contributed by atoms with Crippen molar-refractivity contribution in [1.29, 1.82) is 0 Å². The van der Waals surface area contributed by atoms with Gasteiger partial charge in [0.15, 0.2) is 6.29 Å². The first-order valence-electron chi connectivity index (χ1n) is 5.93. The summed E-state index contributed by atoms with van der Waals surface area (Å²) in [6.07, 6.45) is 2.07. The van der Waals surface area contributed by atoms with Gasteiger partial charge in [-0.15, -0.1) is 0 Å². The number of hydrogen-bond acceptors (Lipinski definition) is 4. The number of nitrogens with one attached hydrogen (secondary N) is 2. The molecule has 0 aliphatic rings. The van der Waals surface area contributed by atoms with E-state index in [1.807, 2.05) is 0 Å². The van der Waals surface area contributed by atoms with Crippen molar-refractivity contribution in [3.8, 4) is 0 Å². The number of carbonyl (C=O) groups is 2. The van der Waals surface area contributed by atoms with Crippen molar-refractivity contribution in [2.45, 2.75) is 11.4 Å². The van der Waals surface area contributed by atoms with Gasteiger partial charge >= 0.3 is 0 Å². The van der Waals surface area contributed by atoms with Gasteiger partial charge in [0, 0.05) is 18.3 Å². The number of rotatable bonds is 5. The molecule has 2 rings (SSSR count). The monoisotopic (exact) mass is 307 g/mol. The zero-order valence-corrected chi connectivity index (χ0v) is 11.7. The van der Waals surface area contributed by atoms with Crippen LogP contribution in [0.15, 0.2) is 41.4 Å². The lowest BCUT2D eigenvalue weighted by Gasteiger charge is -2.05. The lowest BCUT2D eigenvalue weighted by atomic mass is 10.2. The molecule has 7 nitrogen and oxygen atoms in total. The molecular formula is C13H13N3O4S. The fourth-order valence-corrected chi connectivity index (χ4v) is 2.20. The van der Waals surface area contributed by atoms with Crippen LogP contribution < -0.4 is 10.5 Å². The molecule has 0 atom stereocenters. The summed E-state index contributed by atoms with van der Waals surface area (Å²) >= 11 is 0. The maximum absolute atomic E-state index is 11.8. The normalized spacial score (nSPS) is 11.1. The Bertz CT molecular complexity index is 763. The fourth-order valence-electron chi connectivity index (χ4n) is 1.68. The Morgan fingerprint density at radius 3 is 2.48 bits per heavy atom. The van der Waals surface area contributed by atoms with E-state index in [1.54, 1.807) is 12.1 Å². The Labute approximate surface area is 121 Å². The van der Waals surface area contributed by atoms with Crippen molar-refractivity contribution < 1.29 is 18.0 Å². The topological polar surface area (TPSA) is 122 Å². The Hall–Kier alpha value is -2.45. The molecule has 8 heteroatoms. The van der Waals surface area contributed by atoms with Crippen LogP contribution in [0, 0.1) is 0 Å². The third kappa shape index (κ3) is 3.77. The maximum atomic E-state index is 11.8. The van der Waals surface area contributed by atoms with Crippen molar-refractivity contribution >= 4 is 22.2 Å². The first kappa shape index (κ1) is 14.9. The van der Waals surface area contributed by atoms with Crippen molar-refractivity contribution in [3.05, 3.63) is 53.3 Å². The molecule has 0 aliphatic carbocycles. The highest BCUT2D eigenvalue weighted by molar-refractivity contribution is 7.89. The molecule has 1 aromatic heterocycles. The summed E-state index contributed by atoms with van der Waals surface area (Å²) in [7, 11) is -3.72. The molecular weight excluding hydrogens is 294 g/mol. The molecule has 0 fully saturated rings. The largest absolute Gasteiger partial charge is 0.357 e. The van der Waals surface area contributed by atoms with Gasteiger partial charge in [0.1, 0.15) is 5.69 Å². The number of primary sulfonamides is 1. The molecule has 0 aliphatic heterocycles. The Morgan fingerprint density at radius 1 is 1.29 bits per heavy atom. The summed E-state index contributed by atoms with van der Waals surface area (Å²) < 4.78 is 22.2. The summed E-state index contributed by atoms with van der Waals surface area (Å²) in [4.78, 5) is 25.0. The predicted octanol–water partition coefficient (Wildman–Crippen LogP) is 0.405. The minimum atomic E-state index is -3.72. The summed E-state index contributed by atoms with van der Waals surface area (Å²) in [6.45, 7) is 0.221. The molecule has 2 aromatic rings. The number of aromatic amines is 1. The molecule has 21 heavy (non-hydrogen) atoms. The van der Waals surface area contributed by atoms with Crippen LogP contribution in [0.1, 0.15) is 26.4 Å². The second kappa shape index (κ2) is 5.90. The van der Waals surface area contributed by atoms with Crippen LogP contribution in [0.3, 0.4) is 0 Å². The van der Waals surface area contributed by atoms with Gasteiger partial charge < -0.3 is 10.3 Å². The summed E-state index contributed by atoms with van der Waals surface area (Å²) in [5.41, 5.74) is 1.38. The molecule has 0 saturated heterocycles. The van der Waals surface area contributed by atoms with Crippen LogP contribution in [-0.4, -0.2) is 25.6 Å². The fraction of sp³-hybridized carbons (Fsp3) is 0.0769. The van der Waals surface area contributed by atoms with Crippen molar-refractivity contribution in [3.63, 3.8) is 0 Å². The van der Waals surface area contributed by atoms with Gasteiger partial charge in [-0.2, -0.15) is 0 Å². The van der Waals surface area contributed by atoms with Crippen molar-refractivity contribution in [2.24, 2.45) is 5.14 Å². The van der Waals surface area contributed by atoms with E-state index in [1.165, 1.54) is 24.4 Å². The van der Waals surface area contributed by atoms with Crippen LogP contribution in [0.5, 0.6) is 0 Å². The Morgan fingerprint density at radius 2 is 1.95 bits per heavy atom. The third-order valence-corrected chi connectivity index (χ3v) is 3.72. The number of benzene rings is 1. The molecule has 4 N–H and O–H groups in total. The van der Waals surface area contributed by atoms with Gasteiger partial charge in [-0.05, 0) is 23.8 Å². The molecule has 1 amide bonds. The second-order valence-corrected chi connectivity index (χ2v) is 5.90. The van der Waals surface area contributed by atoms with Crippen LogP contribution in [0.4, 0.5) is 0 Å². The average molecular weight is 307 g/mol. The minimum absolute atomic E-state index is 0.0116. The molecule has 1 heterocycles. The lowest BCUT2D eigenvalue weighted by molar-refractivity contribution is 0.0946. The highest BCUT2D eigenvalue weighted by atomic mass is 32.2. The number of nitrogens with two attached hydrogens (primary N) is 1. The number of carbonyl (C=O) groups excluding carboxylic acids is 2.